The van der Waals surface area contributed by atoms with Crippen LogP contribution in [0.3, 0.4) is 0 Å². The highest BCUT2D eigenvalue weighted by molar-refractivity contribution is 5.59. The van der Waals surface area contributed by atoms with E-state index in [0.717, 1.165) is 0 Å². The van der Waals surface area contributed by atoms with Crippen molar-refractivity contribution in [3.8, 4) is 6.07 Å². The number of benzene rings is 1. The van der Waals surface area contributed by atoms with Gasteiger partial charge in [0.1, 0.15) is 0 Å². The summed E-state index contributed by atoms with van der Waals surface area (Å²) in [5.41, 5.74) is 0.699. The van der Waals surface area contributed by atoms with Crippen LogP contribution >= 0.6 is 0 Å². The van der Waals surface area contributed by atoms with Crippen LogP contribution in [0, 0.1) is 11.3 Å². The molecule has 0 bridgehead atoms. The molecule has 1 aromatic rings. The lowest BCUT2D eigenvalue weighted by atomic mass is 10.1. The first-order valence-electron chi connectivity index (χ1n) is 5.73. The second-order valence-corrected chi connectivity index (χ2v) is 4.38. The highest BCUT2D eigenvalue weighted by atomic mass is 19.4. The molecular formula is C12H8F6N2O. The van der Waals surface area contributed by atoms with Crippen LogP contribution in [0.15, 0.2) is 18.2 Å². The second kappa shape index (κ2) is 5.11. The summed E-state index contributed by atoms with van der Waals surface area (Å²) in [7, 11) is 0. The third-order valence-electron chi connectivity index (χ3n) is 2.89. The lowest BCUT2D eigenvalue weighted by Gasteiger charge is -2.28. The van der Waals surface area contributed by atoms with Crippen molar-refractivity contribution >= 4 is 5.69 Å². The predicted octanol–water partition coefficient (Wildman–Crippen LogP) is 3.35. The van der Waals surface area contributed by atoms with E-state index in [9.17, 15) is 26.3 Å². The number of nitriles is 1. The first kappa shape index (κ1) is 15.4. The average molecular weight is 310 g/mol. The molecule has 2 rings (SSSR count). The molecule has 0 aromatic heterocycles. The number of hydrogen-bond donors (Lipinski definition) is 0. The van der Waals surface area contributed by atoms with Gasteiger partial charge >= 0.3 is 12.4 Å². The number of halogens is 6. The molecule has 0 N–H and O–H groups in total. The Morgan fingerprint density at radius 2 is 1.76 bits per heavy atom. The molecule has 0 radical (unpaired) electrons. The molecule has 0 saturated carbocycles. The normalized spacial score (nSPS) is 15.2. The van der Waals surface area contributed by atoms with Crippen molar-refractivity contribution in [2.75, 3.05) is 11.6 Å². The first-order valence-corrected chi connectivity index (χ1v) is 5.73. The van der Waals surface area contributed by atoms with E-state index in [4.69, 9.17) is 5.26 Å². The Morgan fingerprint density at radius 3 is 2.29 bits per heavy atom. The van der Waals surface area contributed by atoms with Gasteiger partial charge in [-0.05, 0) is 24.1 Å². The monoisotopic (exact) mass is 310 g/mol. The molecule has 0 spiro atoms. The average Bonchev–Trinajstić information content (AvgIpc) is 2.75. The minimum atomic E-state index is -5.58. The number of fused-ring (bicyclic) bond motifs is 1. The summed E-state index contributed by atoms with van der Waals surface area (Å²) in [6.07, 6.45) is -14.8. The minimum absolute atomic E-state index is 0.0487. The Hall–Kier alpha value is -1.95. The summed E-state index contributed by atoms with van der Waals surface area (Å²) in [5.74, 6) is 0. The predicted molar refractivity (Wildman–Crippen MR) is 59.2 cm³/mol. The summed E-state index contributed by atoms with van der Waals surface area (Å²) >= 11 is 0. The van der Waals surface area contributed by atoms with Crippen molar-refractivity contribution < 1.29 is 31.2 Å². The van der Waals surface area contributed by atoms with Crippen molar-refractivity contribution in [3.63, 3.8) is 0 Å². The lowest BCUT2D eigenvalue weighted by Crippen LogP contribution is -2.48. The van der Waals surface area contributed by atoms with Crippen LogP contribution < -0.4 is 5.06 Å². The number of hydroxylamine groups is 1. The standard InChI is InChI=1S/C12H8F6N2O/c13-11(14,15)10(12(16,17)18)21-20-4-3-8-2-1-7(6-19)5-9(8)20/h1-2,5,10H,3-4H2. The Morgan fingerprint density at radius 1 is 1.14 bits per heavy atom. The molecule has 0 unspecified atom stereocenters. The molecule has 3 nitrogen and oxygen atoms in total. The van der Waals surface area contributed by atoms with E-state index < -0.39 is 18.5 Å². The van der Waals surface area contributed by atoms with Gasteiger partial charge in [0, 0.05) is 6.54 Å². The molecule has 0 aliphatic carbocycles. The van der Waals surface area contributed by atoms with Gasteiger partial charge in [0.15, 0.2) is 0 Å². The number of alkyl halides is 6. The van der Waals surface area contributed by atoms with Gasteiger partial charge in [-0.1, -0.05) is 6.07 Å². The Bertz CT molecular complexity index is 561. The Balaban J connectivity index is 2.28. The molecule has 9 heteroatoms. The fraction of sp³-hybridized carbons (Fsp3) is 0.417. The smallest absolute Gasteiger partial charge is 0.252 e. The zero-order valence-corrected chi connectivity index (χ0v) is 10.3. The van der Waals surface area contributed by atoms with Gasteiger partial charge in [0.25, 0.3) is 6.10 Å². The molecule has 1 aliphatic rings. The van der Waals surface area contributed by atoms with Gasteiger partial charge in [0.2, 0.25) is 0 Å². The molecule has 0 fully saturated rings. The van der Waals surface area contributed by atoms with Crippen LogP contribution in [0.2, 0.25) is 0 Å². The second-order valence-electron chi connectivity index (χ2n) is 4.38. The van der Waals surface area contributed by atoms with E-state index in [2.05, 4.69) is 4.84 Å². The van der Waals surface area contributed by atoms with Gasteiger partial charge < -0.3 is 0 Å². The fourth-order valence-electron chi connectivity index (χ4n) is 1.96. The van der Waals surface area contributed by atoms with Crippen molar-refractivity contribution in [1.82, 2.24) is 0 Å². The highest BCUT2D eigenvalue weighted by Crippen LogP contribution is 2.39. The maximum Gasteiger partial charge on any atom is 0.426 e. The van der Waals surface area contributed by atoms with Gasteiger partial charge in [-0.2, -0.15) is 31.6 Å². The van der Waals surface area contributed by atoms with Crippen LogP contribution in [-0.4, -0.2) is 25.0 Å². The minimum Gasteiger partial charge on any atom is -0.252 e. The zero-order valence-electron chi connectivity index (χ0n) is 10.3. The van der Waals surface area contributed by atoms with E-state index in [1.54, 1.807) is 6.07 Å². The van der Waals surface area contributed by atoms with Crippen molar-refractivity contribution in [2.24, 2.45) is 0 Å². The Kier molecular flexibility index (Phi) is 3.76. The lowest BCUT2D eigenvalue weighted by molar-refractivity contribution is -0.324. The molecule has 0 atom stereocenters. The summed E-state index contributed by atoms with van der Waals surface area (Å²) in [6.45, 7) is -0.146. The molecule has 0 amide bonds. The van der Waals surface area contributed by atoms with Crippen molar-refractivity contribution in [1.29, 1.82) is 5.26 Å². The fourth-order valence-corrected chi connectivity index (χ4v) is 1.96. The maximum absolute atomic E-state index is 12.5. The molecule has 1 aliphatic heterocycles. The third kappa shape index (κ3) is 3.21. The zero-order chi connectivity index (χ0) is 15.8. The molecular weight excluding hydrogens is 302 g/mol. The Labute approximate surface area is 115 Å². The molecule has 1 aromatic carbocycles. The quantitative estimate of drug-likeness (QED) is 0.786. The van der Waals surface area contributed by atoms with E-state index in [1.807, 2.05) is 0 Å². The number of anilines is 1. The molecule has 114 valence electrons. The van der Waals surface area contributed by atoms with Crippen LogP contribution in [0.1, 0.15) is 11.1 Å². The largest absolute Gasteiger partial charge is 0.426 e. The number of rotatable bonds is 2. The van der Waals surface area contributed by atoms with E-state index in [1.165, 1.54) is 18.2 Å². The van der Waals surface area contributed by atoms with Gasteiger partial charge in [-0.3, -0.25) is 9.90 Å². The van der Waals surface area contributed by atoms with Gasteiger partial charge in [-0.25, -0.2) is 0 Å². The SMILES string of the molecule is N#Cc1ccc2c(c1)N(OC(C(F)(F)F)C(F)(F)F)CC2. The van der Waals surface area contributed by atoms with Gasteiger partial charge in [0.05, 0.1) is 17.3 Å². The van der Waals surface area contributed by atoms with E-state index in [-0.39, 0.29) is 24.2 Å². The summed E-state index contributed by atoms with van der Waals surface area (Å²) in [4.78, 5) is 4.14. The topological polar surface area (TPSA) is 36.3 Å². The van der Waals surface area contributed by atoms with Gasteiger partial charge in [-0.15, -0.1) is 0 Å². The summed E-state index contributed by atoms with van der Waals surface area (Å²) in [6, 6.07) is 5.88. The number of nitrogens with zero attached hydrogens (tertiary/aromatic N) is 2. The highest BCUT2D eigenvalue weighted by Gasteiger charge is 2.59. The summed E-state index contributed by atoms with van der Waals surface area (Å²) in [5, 5.41) is 9.27. The number of hydrogen-bond acceptors (Lipinski definition) is 3. The van der Waals surface area contributed by atoms with Crippen LogP contribution in [-0.2, 0) is 11.3 Å². The molecule has 1 heterocycles. The van der Waals surface area contributed by atoms with E-state index in [0.29, 0.717) is 10.6 Å². The van der Waals surface area contributed by atoms with Crippen LogP contribution in [0.25, 0.3) is 0 Å². The summed E-state index contributed by atoms with van der Waals surface area (Å²) < 4.78 is 74.8. The first-order chi connectivity index (χ1) is 9.63. The third-order valence-corrected chi connectivity index (χ3v) is 2.89. The molecule has 0 saturated heterocycles. The van der Waals surface area contributed by atoms with Crippen molar-refractivity contribution in [2.45, 2.75) is 24.9 Å². The maximum atomic E-state index is 12.5. The van der Waals surface area contributed by atoms with Crippen LogP contribution in [0.4, 0.5) is 32.0 Å². The molecule has 21 heavy (non-hydrogen) atoms. The van der Waals surface area contributed by atoms with Crippen LogP contribution in [0.5, 0.6) is 0 Å². The van der Waals surface area contributed by atoms with Crippen molar-refractivity contribution in [3.05, 3.63) is 29.3 Å². The van der Waals surface area contributed by atoms with E-state index >= 15 is 0 Å².